The van der Waals surface area contributed by atoms with Crippen LogP contribution < -0.4 is 0 Å². The Morgan fingerprint density at radius 1 is 1.24 bits per heavy atom. The van der Waals surface area contributed by atoms with Crippen LogP contribution in [0.2, 0.25) is 0 Å². The summed E-state index contributed by atoms with van der Waals surface area (Å²) in [5, 5.41) is 19.9. The Hall–Kier alpha value is -1.33. The van der Waals surface area contributed by atoms with Gasteiger partial charge in [0.1, 0.15) is 0 Å². The Morgan fingerprint density at radius 3 is 2.29 bits per heavy atom. The van der Waals surface area contributed by atoms with E-state index in [0.717, 1.165) is 36.8 Å². The van der Waals surface area contributed by atoms with Crippen LogP contribution in [0.1, 0.15) is 42.4 Å². The van der Waals surface area contributed by atoms with Crippen molar-refractivity contribution in [1.29, 1.82) is 5.26 Å². The van der Waals surface area contributed by atoms with Crippen molar-refractivity contribution in [2.45, 2.75) is 38.2 Å². The second-order valence-electron chi connectivity index (χ2n) is 5.52. The summed E-state index contributed by atoms with van der Waals surface area (Å²) in [4.78, 5) is 0. The van der Waals surface area contributed by atoms with E-state index in [1.165, 1.54) is 0 Å². The second-order valence-corrected chi connectivity index (χ2v) is 5.52. The van der Waals surface area contributed by atoms with Gasteiger partial charge < -0.3 is 5.11 Å². The zero-order valence-electron chi connectivity index (χ0n) is 10.1. The van der Waals surface area contributed by atoms with Crippen LogP contribution in [-0.2, 0) is 5.60 Å². The largest absolute Gasteiger partial charge is 0.385 e. The predicted octanol–water partition coefficient (Wildman–Crippen LogP) is 2.87. The molecule has 0 atom stereocenters. The highest BCUT2D eigenvalue weighted by atomic mass is 16.3. The van der Waals surface area contributed by atoms with Crippen LogP contribution in [0.25, 0.3) is 0 Å². The number of aliphatic hydroxyl groups is 1. The zero-order chi connectivity index (χ0) is 12.0. The molecular formula is C15H17NO. The van der Waals surface area contributed by atoms with Crippen LogP contribution >= 0.6 is 0 Å². The van der Waals surface area contributed by atoms with Crippen LogP contribution in [0.3, 0.4) is 0 Å². The topological polar surface area (TPSA) is 44.0 Å². The van der Waals surface area contributed by atoms with Crippen LogP contribution in [-0.4, -0.2) is 5.11 Å². The number of aryl methyl sites for hydroxylation is 1. The normalized spacial score (nSPS) is 34.9. The summed E-state index contributed by atoms with van der Waals surface area (Å²) in [7, 11) is 0. The molecular weight excluding hydrogens is 210 g/mol. The molecule has 0 spiro atoms. The first-order valence-electron chi connectivity index (χ1n) is 6.40. The molecule has 2 aliphatic carbocycles. The van der Waals surface area contributed by atoms with E-state index in [1.807, 2.05) is 25.1 Å². The minimum absolute atomic E-state index is 0.430. The molecule has 0 unspecified atom stereocenters. The quantitative estimate of drug-likeness (QED) is 0.801. The molecule has 2 aliphatic rings. The number of hydrogen-bond donors (Lipinski definition) is 1. The number of rotatable bonds is 1. The zero-order valence-corrected chi connectivity index (χ0v) is 10.1. The Labute approximate surface area is 102 Å². The van der Waals surface area contributed by atoms with Crippen molar-refractivity contribution in [3.8, 4) is 6.07 Å². The van der Waals surface area contributed by atoms with E-state index < -0.39 is 5.60 Å². The van der Waals surface area contributed by atoms with Gasteiger partial charge in [0.2, 0.25) is 0 Å². The van der Waals surface area contributed by atoms with Gasteiger partial charge in [0.25, 0.3) is 0 Å². The van der Waals surface area contributed by atoms with E-state index in [0.29, 0.717) is 17.4 Å². The fraction of sp³-hybridized carbons (Fsp3) is 0.533. The lowest BCUT2D eigenvalue weighted by Gasteiger charge is -2.30. The summed E-state index contributed by atoms with van der Waals surface area (Å²) >= 11 is 0. The maximum atomic E-state index is 11.0. The SMILES string of the molecule is Cc1cc(C#N)ccc1C1(O)C2CCC1CC2. The van der Waals surface area contributed by atoms with Crippen LogP contribution in [0.5, 0.6) is 0 Å². The average molecular weight is 227 g/mol. The van der Waals surface area contributed by atoms with Crippen molar-refractivity contribution in [2.75, 3.05) is 0 Å². The summed E-state index contributed by atoms with van der Waals surface area (Å²) in [6, 6.07) is 7.84. The second kappa shape index (κ2) is 3.58. The van der Waals surface area contributed by atoms with Crippen molar-refractivity contribution in [3.63, 3.8) is 0 Å². The highest BCUT2D eigenvalue weighted by molar-refractivity contribution is 5.42. The van der Waals surface area contributed by atoms with E-state index in [-0.39, 0.29) is 0 Å². The fourth-order valence-corrected chi connectivity index (χ4v) is 3.93. The molecule has 0 saturated heterocycles. The molecule has 17 heavy (non-hydrogen) atoms. The minimum atomic E-state index is -0.613. The highest BCUT2D eigenvalue weighted by Crippen LogP contribution is 2.57. The number of hydrogen-bond acceptors (Lipinski definition) is 2. The van der Waals surface area contributed by atoms with Gasteiger partial charge in [0.15, 0.2) is 0 Å². The maximum Gasteiger partial charge on any atom is 0.0991 e. The Kier molecular flexibility index (Phi) is 2.27. The fourth-order valence-electron chi connectivity index (χ4n) is 3.93. The molecule has 2 fully saturated rings. The van der Waals surface area contributed by atoms with Gasteiger partial charge in [-0.1, -0.05) is 6.07 Å². The lowest BCUT2D eigenvalue weighted by Crippen LogP contribution is -2.32. The third-order valence-electron chi connectivity index (χ3n) is 4.76. The molecule has 88 valence electrons. The summed E-state index contributed by atoms with van der Waals surface area (Å²) in [5.74, 6) is 0.860. The Balaban J connectivity index is 2.08. The van der Waals surface area contributed by atoms with E-state index in [9.17, 15) is 5.11 Å². The van der Waals surface area contributed by atoms with Gasteiger partial charge in [0, 0.05) is 0 Å². The summed E-state index contributed by atoms with van der Waals surface area (Å²) < 4.78 is 0. The van der Waals surface area contributed by atoms with Crippen molar-refractivity contribution in [3.05, 3.63) is 34.9 Å². The van der Waals surface area contributed by atoms with Gasteiger partial charge in [-0.15, -0.1) is 0 Å². The number of fused-ring (bicyclic) bond motifs is 2. The molecule has 1 aromatic carbocycles. The van der Waals surface area contributed by atoms with E-state index in [1.54, 1.807) is 0 Å². The summed E-state index contributed by atoms with van der Waals surface area (Å²) in [6.45, 7) is 2.01. The molecule has 2 heteroatoms. The predicted molar refractivity (Wildman–Crippen MR) is 65.2 cm³/mol. The molecule has 2 saturated carbocycles. The molecule has 0 aromatic heterocycles. The highest BCUT2D eigenvalue weighted by Gasteiger charge is 2.54. The van der Waals surface area contributed by atoms with Crippen LogP contribution in [0.4, 0.5) is 0 Å². The first-order valence-corrected chi connectivity index (χ1v) is 6.40. The van der Waals surface area contributed by atoms with E-state index >= 15 is 0 Å². The number of benzene rings is 1. The van der Waals surface area contributed by atoms with Gasteiger partial charge in [-0.05, 0) is 67.7 Å². The first kappa shape index (κ1) is 10.8. The molecule has 0 amide bonds. The third kappa shape index (κ3) is 1.36. The Bertz CT molecular complexity index is 480. The van der Waals surface area contributed by atoms with Crippen LogP contribution in [0.15, 0.2) is 18.2 Å². The smallest absolute Gasteiger partial charge is 0.0991 e. The van der Waals surface area contributed by atoms with Crippen molar-refractivity contribution < 1.29 is 5.11 Å². The monoisotopic (exact) mass is 227 g/mol. The molecule has 1 aromatic rings. The first-order chi connectivity index (χ1) is 8.16. The van der Waals surface area contributed by atoms with Gasteiger partial charge in [-0.3, -0.25) is 0 Å². The standard InChI is InChI=1S/C15H17NO/c1-10-8-11(9-16)2-7-14(10)15(17)12-3-4-13(15)6-5-12/h2,7-8,12-13,17H,3-6H2,1H3. The van der Waals surface area contributed by atoms with Crippen molar-refractivity contribution in [1.82, 2.24) is 0 Å². The molecule has 2 bridgehead atoms. The van der Waals surface area contributed by atoms with Crippen molar-refractivity contribution >= 4 is 0 Å². The maximum absolute atomic E-state index is 11.0. The van der Waals surface area contributed by atoms with Crippen molar-refractivity contribution in [2.24, 2.45) is 11.8 Å². The summed E-state index contributed by atoms with van der Waals surface area (Å²) in [5.41, 5.74) is 2.19. The average Bonchev–Trinajstić information content (AvgIpc) is 2.83. The van der Waals surface area contributed by atoms with Gasteiger partial charge in [0.05, 0.1) is 17.2 Å². The number of nitrogens with zero attached hydrogens (tertiary/aromatic N) is 1. The van der Waals surface area contributed by atoms with Gasteiger partial charge >= 0.3 is 0 Å². The van der Waals surface area contributed by atoms with Crippen LogP contribution in [0, 0.1) is 30.1 Å². The molecule has 0 heterocycles. The molecule has 0 radical (unpaired) electrons. The van der Waals surface area contributed by atoms with Gasteiger partial charge in [-0.25, -0.2) is 0 Å². The Morgan fingerprint density at radius 2 is 1.82 bits per heavy atom. The molecule has 2 nitrogen and oxygen atoms in total. The lowest BCUT2D eigenvalue weighted by molar-refractivity contribution is -0.0108. The van der Waals surface area contributed by atoms with E-state index in [4.69, 9.17) is 5.26 Å². The lowest BCUT2D eigenvalue weighted by atomic mass is 9.81. The number of nitriles is 1. The molecule has 3 rings (SSSR count). The molecule has 0 aliphatic heterocycles. The summed E-state index contributed by atoms with van der Waals surface area (Å²) in [6.07, 6.45) is 4.61. The van der Waals surface area contributed by atoms with Gasteiger partial charge in [-0.2, -0.15) is 5.26 Å². The molecule has 1 N–H and O–H groups in total. The van der Waals surface area contributed by atoms with E-state index in [2.05, 4.69) is 6.07 Å². The minimum Gasteiger partial charge on any atom is -0.385 e. The third-order valence-corrected chi connectivity index (χ3v) is 4.76.